The van der Waals surface area contributed by atoms with Crippen molar-refractivity contribution in [1.29, 1.82) is 0 Å². The number of hydrogen-bond donors (Lipinski definition) is 2. The number of amides is 1. The number of aryl methyl sites for hydroxylation is 1. The highest BCUT2D eigenvalue weighted by atomic mass is 32.1. The normalized spacial score (nSPS) is 10.7. The quantitative estimate of drug-likeness (QED) is 0.551. The minimum Gasteiger partial charge on any atom is -0.325 e. The minimum atomic E-state index is -0.129. The van der Waals surface area contributed by atoms with Gasteiger partial charge in [-0.3, -0.25) is 9.78 Å². The van der Waals surface area contributed by atoms with Gasteiger partial charge in [0.1, 0.15) is 0 Å². The lowest BCUT2D eigenvalue weighted by atomic mass is 10.1. The van der Waals surface area contributed by atoms with Gasteiger partial charge in [0.25, 0.3) is 0 Å². The maximum Gasteiger partial charge on any atom is 0.230 e. The summed E-state index contributed by atoms with van der Waals surface area (Å²) in [6.45, 7) is 1.94. The molecular formula is C19H16N6OS. The van der Waals surface area contributed by atoms with Gasteiger partial charge in [0.15, 0.2) is 5.13 Å². The van der Waals surface area contributed by atoms with Crippen molar-refractivity contribution in [3.05, 3.63) is 65.6 Å². The van der Waals surface area contributed by atoms with Crippen molar-refractivity contribution in [1.82, 2.24) is 19.9 Å². The van der Waals surface area contributed by atoms with E-state index in [1.807, 2.05) is 42.6 Å². The van der Waals surface area contributed by atoms with E-state index in [1.165, 1.54) is 11.3 Å². The SMILES string of the molecule is Cc1ccc2c(NC(=O)Cc3csc(Nc4ncccn4)n3)cccc2n1. The van der Waals surface area contributed by atoms with Crippen molar-refractivity contribution in [3.63, 3.8) is 0 Å². The number of anilines is 3. The highest BCUT2D eigenvalue weighted by Gasteiger charge is 2.11. The van der Waals surface area contributed by atoms with E-state index >= 15 is 0 Å². The highest BCUT2D eigenvalue weighted by molar-refractivity contribution is 7.13. The largest absolute Gasteiger partial charge is 0.325 e. The van der Waals surface area contributed by atoms with Crippen molar-refractivity contribution in [2.45, 2.75) is 13.3 Å². The molecule has 0 spiro atoms. The van der Waals surface area contributed by atoms with Crippen molar-refractivity contribution >= 4 is 44.9 Å². The number of nitrogens with zero attached hydrogens (tertiary/aromatic N) is 4. The number of benzene rings is 1. The molecule has 27 heavy (non-hydrogen) atoms. The Hall–Kier alpha value is -3.39. The molecule has 7 nitrogen and oxygen atoms in total. The summed E-state index contributed by atoms with van der Waals surface area (Å²) in [5.41, 5.74) is 3.23. The standard InChI is InChI=1S/C19H16N6OS/c1-12-6-7-14-15(22-12)4-2-5-16(14)24-17(26)10-13-11-27-19(23-13)25-18-20-8-3-9-21-18/h2-9,11H,10H2,1H3,(H,24,26)(H,20,21,23,25). The molecule has 8 heteroatoms. The summed E-state index contributed by atoms with van der Waals surface area (Å²) >= 11 is 1.40. The lowest BCUT2D eigenvalue weighted by Gasteiger charge is -2.08. The molecule has 4 aromatic rings. The second kappa shape index (κ2) is 7.46. The first-order chi connectivity index (χ1) is 13.2. The molecule has 1 amide bonds. The number of rotatable bonds is 5. The molecule has 134 valence electrons. The molecule has 0 aliphatic carbocycles. The number of nitrogens with one attached hydrogen (secondary N) is 2. The topological polar surface area (TPSA) is 92.7 Å². The number of carbonyl (C=O) groups is 1. The number of aromatic nitrogens is 4. The van der Waals surface area contributed by atoms with Gasteiger partial charge in [-0.25, -0.2) is 15.0 Å². The molecule has 0 aliphatic rings. The number of fused-ring (bicyclic) bond motifs is 1. The van der Waals surface area contributed by atoms with Gasteiger partial charge < -0.3 is 10.6 Å². The van der Waals surface area contributed by atoms with Gasteiger partial charge in [0.2, 0.25) is 11.9 Å². The van der Waals surface area contributed by atoms with Crippen LogP contribution < -0.4 is 10.6 Å². The summed E-state index contributed by atoms with van der Waals surface area (Å²) in [6.07, 6.45) is 3.49. The van der Waals surface area contributed by atoms with Crippen molar-refractivity contribution in [2.24, 2.45) is 0 Å². The van der Waals surface area contributed by atoms with Crippen LogP contribution in [0.25, 0.3) is 10.9 Å². The van der Waals surface area contributed by atoms with E-state index in [9.17, 15) is 4.79 Å². The minimum absolute atomic E-state index is 0.129. The summed E-state index contributed by atoms with van der Waals surface area (Å²) in [7, 11) is 0. The predicted molar refractivity (Wildman–Crippen MR) is 106 cm³/mol. The fourth-order valence-corrected chi connectivity index (χ4v) is 3.33. The second-order valence-electron chi connectivity index (χ2n) is 5.89. The molecule has 0 fully saturated rings. The zero-order valence-corrected chi connectivity index (χ0v) is 15.3. The summed E-state index contributed by atoms with van der Waals surface area (Å²) < 4.78 is 0. The van der Waals surface area contributed by atoms with Crippen LogP contribution in [0.1, 0.15) is 11.4 Å². The Morgan fingerprint density at radius 3 is 2.78 bits per heavy atom. The van der Waals surface area contributed by atoms with Crippen molar-refractivity contribution in [2.75, 3.05) is 10.6 Å². The predicted octanol–water partition coefficient (Wildman–Crippen LogP) is 3.71. The summed E-state index contributed by atoms with van der Waals surface area (Å²) in [5, 5.41) is 9.38. The third-order valence-electron chi connectivity index (χ3n) is 3.82. The van der Waals surface area contributed by atoms with E-state index in [0.717, 1.165) is 22.3 Å². The molecule has 3 heterocycles. The van der Waals surface area contributed by atoms with Crippen LogP contribution in [0.5, 0.6) is 0 Å². The van der Waals surface area contributed by atoms with Crippen LogP contribution in [0.3, 0.4) is 0 Å². The van der Waals surface area contributed by atoms with Crippen LogP contribution in [0, 0.1) is 6.92 Å². The number of pyridine rings is 1. The Labute approximate surface area is 159 Å². The fourth-order valence-electron chi connectivity index (χ4n) is 2.63. The average molecular weight is 376 g/mol. The van der Waals surface area contributed by atoms with Gasteiger partial charge in [-0.1, -0.05) is 6.07 Å². The second-order valence-corrected chi connectivity index (χ2v) is 6.75. The van der Waals surface area contributed by atoms with E-state index < -0.39 is 0 Å². The van der Waals surface area contributed by atoms with E-state index in [1.54, 1.807) is 18.5 Å². The van der Waals surface area contributed by atoms with Crippen LogP contribution in [-0.2, 0) is 11.2 Å². The molecule has 4 rings (SSSR count). The lowest BCUT2D eigenvalue weighted by Crippen LogP contribution is -2.15. The third kappa shape index (κ3) is 4.06. The fraction of sp³-hybridized carbons (Fsp3) is 0.105. The Kier molecular flexibility index (Phi) is 4.71. The Morgan fingerprint density at radius 1 is 1.07 bits per heavy atom. The maximum atomic E-state index is 12.4. The third-order valence-corrected chi connectivity index (χ3v) is 4.63. The highest BCUT2D eigenvalue weighted by Crippen LogP contribution is 2.23. The Bertz CT molecular complexity index is 1100. The van der Waals surface area contributed by atoms with Crippen LogP contribution in [-0.4, -0.2) is 25.8 Å². The average Bonchev–Trinajstić information content (AvgIpc) is 3.09. The molecular weight excluding hydrogens is 360 g/mol. The van der Waals surface area contributed by atoms with Crippen LogP contribution >= 0.6 is 11.3 Å². The van der Waals surface area contributed by atoms with Crippen molar-refractivity contribution in [3.8, 4) is 0 Å². The van der Waals surface area contributed by atoms with E-state index in [2.05, 4.69) is 30.6 Å². The summed E-state index contributed by atoms with van der Waals surface area (Å²) in [6, 6.07) is 11.3. The van der Waals surface area contributed by atoms with E-state index in [4.69, 9.17) is 0 Å². The zero-order chi connectivity index (χ0) is 18.6. The van der Waals surface area contributed by atoms with Gasteiger partial charge in [-0.2, -0.15) is 0 Å². The molecule has 3 aromatic heterocycles. The first-order valence-corrected chi connectivity index (χ1v) is 9.20. The van der Waals surface area contributed by atoms with Crippen LogP contribution in [0.2, 0.25) is 0 Å². The smallest absolute Gasteiger partial charge is 0.230 e. The van der Waals surface area contributed by atoms with Gasteiger partial charge >= 0.3 is 0 Å². The molecule has 1 aromatic carbocycles. The summed E-state index contributed by atoms with van der Waals surface area (Å²) in [4.78, 5) is 29.5. The molecule has 0 saturated carbocycles. The van der Waals surface area contributed by atoms with Crippen LogP contribution in [0.4, 0.5) is 16.8 Å². The molecule has 0 unspecified atom stereocenters. The van der Waals surface area contributed by atoms with Gasteiger partial charge in [0, 0.05) is 28.9 Å². The number of thiazole rings is 1. The Morgan fingerprint density at radius 2 is 1.93 bits per heavy atom. The molecule has 0 radical (unpaired) electrons. The lowest BCUT2D eigenvalue weighted by molar-refractivity contribution is -0.115. The van der Waals surface area contributed by atoms with E-state index in [0.29, 0.717) is 16.8 Å². The van der Waals surface area contributed by atoms with Gasteiger partial charge in [0.05, 0.1) is 23.3 Å². The molecule has 2 N–H and O–H groups in total. The van der Waals surface area contributed by atoms with Gasteiger partial charge in [-0.05, 0) is 37.3 Å². The number of hydrogen-bond acceptors (Lipinski definition) is 7. The van der Waals surface area contributed by atoms with Crippen LogP contribution in [0.15, 0.2) is 54.2 Å². The molecule has 0 aliphatic heterocycles. The molecule has 0 bridgehead atoms. The summed E-state index contributed by atoms with van der Waals surface area (Å²) in [5.74, 6) is 0.345. The number of carbonyl (C=O) groups excluding carboxylic acids is 1. The van der Waals surface area contributed by atoms with Crippen molar-refractivity contribution < 1.29 is 4.79 Å². The monoisotopic (exact) mass is 376 g/mol. The first kappa shape index (κ1) is 17.0. The van der Waals surface area contributed by atoms with Gasteiger partial charge in [-0.15, -0.1) is 11.3 Å². The molecule has 0 atom stereocenters. The zero-order valence-electron chi connectivity index (χ0n) is 14.5. The van der Waals surface area contributed by atoms with E-state index in [-0.39, 0.29) is 12.3 Å². The molecule has 0 saturated heterocycles. The Balaban J connectivity index is 1.44. The maximum absolute atomic E-state index is 12.4. The first-order valence-electron chi connectivity index (χ1n) is 8.32.